The molecule has 0 radical (unpaired) electrons. The molecule has 0 aliphatic carbocycles. The van der Waals surface area contributed by atoms with Crippen LogP contribution in [-0.2, 0) is 18.3 Å². The predicted molar refractivity (Wildman–Crippen MR) is 70.7 cm³/mol. The van der Waals surface area contributed by atoms with Crippen molar-refractivity contribution in [3.05, 3.63) is 23.5 Å². The van der Waals surface area contributed by atoms with Crippen molar-refractivity contribution in [2.45, 2.75) is 19.9 Å². The van der Waals surface area contributed by atoms with Gasteiger partial charge in [-0.1, -0.05) is 0 Å². The van der Waals surface area contributed by atoms with Crippen molar-refractivity contribution in [3.63, 3.8) is 0 Å². The third-order valence-corrected chi connectivity index (χ3v) is 3.67. The predicted octanol–water partition coefficient (Wildman–Crippen LogP) is 1.70. The molecule has 1 saturated heterocycles. The molecule has 1 aliphatic heterocycles. The Labute approximate surface area is 109 Å². The van der Waals surface area contributed by atoms with Gasteiger partial charge in [0.05, 0.1) is 6.61 Å². The molecule has 4 nitrogen and oxygen atoms in total. The Morgan fingerprint density at radius 3 is 2.94 bits per heavy atom. The second-order valence-corrected chi connectivity index (χ2v) is 5.23. The first-order valence-corrected chi connectivity index (χ1v) is 6.47. The number of carbonyl (C=O) groups is 1. The van der Waals surface area contributed by atoms with Crippen LogP contribution in [0.25, 0.3) is 0 Å². The first-order valence-electron chi connectivity index (χ1n) is 6.47. The molecule has 1 aliphatic rings. The number of methoxy groups -OCH3 is 1. The van der Waals surface area contributed by atoms with Gasteiger partial charge in [-0.15, -0.1) is 0 Å². The lowest BCUT2D eigenvalue weighted by Gasteiger charge is -2.16. The summed E-state index contributed by atoms with van der Waals surface area (Å²) in [6, 6.07) is 2.01. The van der Waals surface area contributed by atoms with Gasteiger partial charge < -0.3 is 9.30 Å². The number of hydrogen-bond donors (Lipinski definition) is 0. The molecule has 4 heteroatoms. The smallest absolute Gasteiger partial charge is 0.161 e. The zero-order chi connectivity index (χ0) is 13.1. The zero-order valence-corrected chi connectivity index (χ0v) is 11.5. The maximum Gasteiger partial charge on any atom is 0.161 e. The topological polar surface area (TPSA) is 34.5 Å². The van der Waals surface area contributed by atoms with Gasteiger partial charge in [-0.2, -0.15) is 0 Å². The summed E-state index contributed by atoms with van der Waals surface area (Å²) in [6.45, 7) is 5.60. The first-order chi connectivity index (χ1) is 8.60. The van der Waals surface area contributed by atoms with E-state index in [4.69, 9.17) is 4.74 Å². The van der Waals surface area contributed by atoms with E-state index in [9.17, 15) is 4.79 Å². The number of aryl methyl sites for hydroxylation is 1. The van der Waals surface area contributed by atoms with Gasteiger partial charge in [-0.05, 0) is 31.9 Å². The Bertz CT molecular complexity index is 425. The standard InChI is InChI=1S/C14H22N2O2/c1-11(17)13-6-14(15(2)8-13)9-16-5-4-12(7-16)10-18-3/h6,8,12H,4-5,7,9-10H2,1-3H3. The Balaban J connectivity index is 1.96. The van der Waals surface area contributed by atoms with E-state index in [1.807, 2.05) is 19.3 Å². The minimum Gasteiger partial charge on any atom is -0.384 e. The number of nitrogens with zero attached hydrogens (tertiary/aromatic N) is 2. The fraction of sp³-hybridized carbons (Fsp3) is 0.643. The van der Waals surface area contributed by atoms with Crippen LogP contribution in [0, 0.1) is 5.92 Å². The fourth-order valence-corrected chi connectivity index (χ4v) is 2.62. The molecule has 1 aromatic rings. The molecule has 18 heavy (non-hydrogen) atoms. The number of ether oxygens (including phenoxy) is 1. The van der Waals surface area contributed by atoms with E-state index in [-0.39, 0.29) is 5.78 Å². The lowest BCUT2D eigenvalue weighted by molar-refractivity contribution is 0.101. The van der Waals surface area contributed by atoms with E-state index in [1.54, 1.807) is 14.0 Å². The van der Waals surface area contributed by atoms with Gasteiger partial charge in [0.15, 0.2) is 5.78 Å². The molecular formula is C14H22N2O2. The van der Waals surface area contributed by atoms with Gasteiger partial charge >= 0.3 is 0 Å². The molecule has 0 saturated carbocycles. The highest BCUT2D eigenvalue weighted by molar-refractivity contribution is 5.94. The number of likely N-dealkylation sites (tertiary alicyclic amines) is 1. The number of rotatable bonds is 5. The Kier molecular flexibility index (Phi) is 4.19. The van der Waals surface area contributed by atoms with Crippen LogP contribution < -0.4 is 0 Å². The third kappa shape index (κ3) is 3.00. The fourth-order valence-electron chi connectivity index (χ4n) is 2.62. The summed E-state index contributed by atoms with van der Waals surface area (Å²) >= 11 is 0. The molecule has 1 unspecified atom stereocenters. The van der Waals surface area contributed by atoms with E-state index < -0.39 is 0 Å². The van der Waals surface area contributed by atoms with E-state index in [0.717, 1.165) is 31.8 Å². The summed E-state index contributed by atoms with van der Waals surface area (Å²) in [4.78, 5) is 13.8. The minimum absolute atomic E-state index is 0.135. The van der Waals surface area contributed by atoms with Crippen LogP contribution in [0.5, 0.6) is 0 Å². The zero-order valence-electron chi connectivity index (χ0n) is 11.5. The highest BCUT2D eigenvalue weighted by Gasteiger charge is 2.23. The second-order valence-electron chi connectivity index (χ2n) is 5.23. The average molecular weight is 250 g/mol. The van der Waals surface area contributed by atoms with Crippen LogP contribution >= 0.6 is 0 Å². The van der Waals surface area contributed by atoms with Crippen LogP contribution in [0.3, 0.4) is 0 Å². The molecule has 0 aromatic carbocycles. The summed E-state index contributed by atoms with van der Waals surface area (Å²) in [5.74, 6) is 0.790. The Morgan fingerprint density at radius 2 is 2.33 bits per heavy atom. The highest BCUT2D eigenvalue weighted by atomic mass is 16.5. The van der Waals surface area contributed by atoms with Crippen LogP contribution in [0.15, 0.2) is 12.3 Å². The average Bonchev–Trinajstić information content (AvgIpc) is 2.88. The summed E-state index contributed by atoms with van der Waals surface area (Å²) in [7, 11) is 3.77. The maximum atomic E-state index is 11.3. The van der Waals surface area contributed by atoms with Crippen molar-refractivity contribution in [1.29, 1.82) is 0 Å². The number of carbonyl (C=O) groups excluding carboxylic acids is 1. The van der Waals surface area contributed by atoms with Gasteiger partial charge in [-0.3, -0.25) is 9.69 Å². The van der Waals surface area contributed by atoms with Crippen LogP contribution in [-0.4, -0.2) is 42.1 Å². The molecule has 2 heterocycles. The van der Waals surface area contributed by atoms with Gasteiger partial charge in [0, 0.05) is 44.7 Å². The minimum atomic E-state index is 0.135. The molecule has 100 valence electrons. The van der Waals surface area contributed by atoms with E-state index in [2.05, 4.69) is 9.47 Å². The maximum absolute atomic E-state index is 11.3. The Hall–Kier alpha value is -1.13. The van der Waals surface area contributed by atoms with Crippen LogP contribution in [0.1, 0.15) is 29.4 Å². The van der Waals surface area contributed by atoms with E-state index in [1.165, 1.54) is 12.1 Å². The van der Waals surface area contributed by atoms with Gasteiger partial charge in [0.2, 0.25) is 0 Å². The van der Waals surface area contributed by atoms with Crippen molar-refractivity contribution in [2.75, 3.05) is 26.8 Å². The SMILES string of the molecule is COCC1CCN(Cc2cc(C(C)=O)cn2C)C1. The van der Waals surface area contributed by atoms with Crippen molar-refractivity contribution >= 4 is 5.78 Å². The lowest BCUT2D eigenvalue weighted by Crippen LogP contribution is -2.22. The number of aromatic nitrogens is 1. The van der Waals surface area contributed by atoms with Gasteiger partial charge in [-0.25, -0.2) is 0 Å². The summed E-state index contributed by atoms with van der Waals surface area (Å²) in [5.41, 5.74) is 2.01. The van der Waals surface area contributed by atoms with Crippen LogP contribution in [0.4, 0.5) is 0 Å². The normalized spacial score (nSPS) is 20.5. The van der Waals surface area contributed by atoms with E-state index >= 15 is 0 Å². The third-order valence-electron chi connectivity index (χ3n) is 3.67. The molecule has 0 bridgehead atoms. The molecule has 0 N–H and O–H groups in total. The van der Waals surface area contributed by atoms with Crippen LogP contribution in [0.2, 0.25) is 0 Å². The Morgan fingerprint density at radius 1 is 1.56 bits per heavy atom. The monoisotopic (exact) mass is 250 g/mol. The van der Waals surface area contributed by atoms with Crippen molar-refractivity contribution < 1.29 is 9.53 Å². The molecule has 1 fully saturated rings. The quantitative estimate of drug-likeness (QED) is 0.746. The van der Waals surface area contributed by atoms with Crippen molar-refractivity contribution in [1.82, 2.24) is 9.47 Å². The molecule has 1 aromatic heterocycles. The summed E-state index contributed by atoms with van der Waals surface area (Å²) in [6.07, 6.45) is 3.12. The highest BCUT2D eigenvalue weighted by Crippen LogP contribution is 2.19. The van der Waals surface area contributed by atoms with Gasteiger partial charge in [0.25, 0.3) is 0 Å². The second kappa shape index (κ2) is 5.67. The number of Topliss-reactive ketones (excluding diaryl/α,β-unsaturated/α-hetero) is 1. The molecule has 0 amide bonds. The molecular weight excluding hydrogens is 228 g/mol. The molecule has 0 spiro atoms. The van der Waals surface area contributed by atoms with Crippen molar-refractivity contribution in [2.24, 2.45) is 13.0 Å². The lowest BCUT2D eigenvalue weighted by atomic mass is 10.1. The van der Waals surface area contributed by atoms with Gasteiger partial charge in [0.1, 0.15) is 0 Å². The van der Waals surface area contributed by atoms with E-state index in [0.29, 0.717) is 5.92 Å². The number of hydrogen-bond acceptors (Lipinski definition) is 3. The first kappa shape index (κ1) is 13.3. The summed E-state index contributed by atoms with van der Waals surface area (Å²) < 4.78 is 7.26. The number of ketones is 1. The molecule has 2 rings (SSSR count). The summed E-state index contributed by atoms with van der Waals surface area (Å²) in [5, 5.41) is 0. The van der Waals surface area contributed by atoms with Crippen molar-refractivity contribution in [3.8, 4) is 0 Å². The largest absolute Gasteiger partial charge is 0.384 e. The molecule has 1 atom stereocenters.